The molecule has 0 radical (unpaired) electrons. The summed E-state index contributed by atoms with van der Waals surface area (Å²) in [6.07, 6.45) is 1.62. The molecule has 2 heterocycles. The number of furan rings is 1. The summed E-state index contributed by atoms with van der Waals surface area (Å²) in [5.74, 6) is 1.23. The second-order valence-electron chi connectivity index (χ2n) is 6.60. The van der Waals surface area contributed by atoms with Crippen LogP contribution in [0.2, 0.25) is 0 Å². The third-order valence-electron chi connectivity index (χ3n) is 4.54. The van der Waals surface area contributed by atoms with Gasteiger partial charge < -0.3 is 23.9 Å². The van der Waals surface area contributed by atoms with E-state index in [1.165, 1.54) is 0 Å². The molecule has 26 heavy (non-hydrogen) atoms. The summed E-state index contributed by atoms with van der Waals surface area (Å²) in [5.41, 5.74) is 0.702. The zero-order valence-corrected chi connectivity index (χ0v) is 15.6. The minimum Gasteiger partial charge on any atom is -0.490 e. The molecule has 1 N–H and O–H groups in total. The third kappa shape index (κ3) is 4.37. The molecule has 6 heteroatoms. The number of fused-ring (bicyclic) bond motifs is 1. The fourth-order valence-corrected chi connectivity index (χ4v) is 3.04. The Morgan fingerprint density at radius 2 is 2.23 bits per heavy atom. The molecule has 142 valence electrons. The van der Waals surface area contributed by atoms with E-state index in [4.69, 9.17) is 18.6 Å². The number of rotatable bonds is 8. The van der Waals surface area contributed by atoms with Gasteiger partial charge in [0.1, 0.15) is 11.9 Å². The van der Waals surface area contributed by atoms with Gasteiger partial charge in [-0.05, 0) is 45.7 Å². The molecule has 3 atom stereocenters. The van der Waals surface area contributed by atoms with Gasteiger partial charge in [0.15, 0.2) is 11.3 Å². The highest BCUT2D eigenvalue weighted by atomic mass is 16.5. The van der Waals surface area contributed by atoms with Crippen molar-refractivity contribution >= 4 is 16.9 Å². The van der Waals surface area contributed by atoms with Gasteiger partial charge in [0.05, 0.1) is 25.4 Å². The number of nitrogens with one attached hydrogen (secondary N) is 1. The fourth-order valence-electron chi connectivity index (χ4n) is 3.04. The van der Waals surface area contributed by atoms with Crippen molar-refractivity contribution in [1.82, 2.24) is 5.32 Å². The largest absolute Gasteiger partial charge is 0.490 e. The van der Waals surface area contributed by atoms with Crippen molar-refractivity contribution in [3.63, 3.8) is 0 Å². The van der Waals surface area contributed by atoms with Crippen molar-refractivity contribution in [2.24, 2.45) is 0 Å². The third-order valence-corrected chi connectivity index (χ3v) is 4.54. The second kappa shape index (κ2) is 8.56. The zero-order valence-electron chi connectivity index (χ0n) is 15.6. The Labute approximate surface area is 153 Å². The summed E-state index contributed by atoms with van der Waals surface area (Å²) in [7, 11) is 0. The van der Waals surface area contributed by atoms with Gasteiger partial charge in [-0.3, -0.25) is 4.79 Å². The van der Waals surface area contributed by atoms with E-state index in [0.29, 0.717) is 30.3 Å². The predicted molar refractivity (Wildman–Crippen MR) is 98.3 cm³/mol. The van der Waals surface area contributed by atoms with E-state index in [-0.39, 0.29) is 18.1 Å². The topological polar surface area (TPSA) is 69.9 Å². The number of carbonyl (C=O) groups is 1. The van der Waals surface area contributed by atoms with Crippen LogP contribution in [0.25, 0.3) is 11.0 Å². The second-order valence-corrected chi connectivity index (χ2v) is 6.60. The summed E-state index contributed by atoms with van der Waals surface area (Å²) in [4.78, 5) is 12.4. The summed E-state index contributed by atoms with van der Waals surface area (Å²) in [6.45, 7) is 7.38. The number of hydrogen-bond donors (Lipinski definition) is 1. The van der Waals surface area contributed by atoms with Crippen molar-refractivity contribution in [2.75, 3.05) is 19.8 Å². The molecule has 0 spiro atoms. The molecular formula is C20H27NO5. The Hall–Kier alpha value is -2.05. The first-order valence-corrected chi connectivity index (χ1v) is 9.27. The molecule has 0 aliphatic carbocycles. The lowest BCUT2D eigenvalue weighted by Gasteiger charge is -2.18. The molecule has 1 aromatic carbocycles. The Kier molecular flexibility index (Phi) is 6.16. The molecule has 0 bridgehead atoms. The van der Waals surface area contributed by atoms with Crippen LogP contribution in [0.3, 0.4) is 0 Å². The van der Waals surface area contributed by atoms with E-state index in [2.05, 4.69) is 5.32 Å². The van der Waals surface area contributed by atoms with Crippen LogP contribution in [0.15, 0.2) is 28.7 Å². The van der Waals surface area contributed by atoms with E-state index >= 15 is 0 Å². The lowest BCUT2D eigenvalue weighted by Crippen LogP contribution is -2.37. The highest BCUT2D eigenvalue weighted by molar-refractivity contribution is 5.84. The van der Waals surface area contributed by atoms with Gasteiger partial charge in [0, 0.05) is 12.0 Å². The minimum absolute atomic E-state index is 0.107. The van der Waals surface area contributed by atoms with E-state index in [1.807, 2.05) is 38.1 Å². The van der Waals surface area contributed by atoms with Gasteiger partial charge in [-0.25, -0.2) is 0 Å². The van der Waals surface area contributed by atoms with E-state index in [1.54, 1.807) is 6.92 Å². The summed E-state index contributed by atoms with van der Waals surface area (Å²) >= 11 is 0. The lowest BCUT2D eigenvalue weighted by atomic mass is 10.2. The summed E-state index contributed by atoms with van der Waals surface area (Å²) in [6, 6.07) is 7.44. The van der Waals surface area contributed by atoms with Crippen LogP contribution in [0.1, 0.15) is 45.4 Å². The number of carbonyl (C=O) groups excluding carboxylic acids is 1. The Balaban J connectivity index is 1.59. The van der Waals surface area contributed by atoms with Crippen molar-refractivity contribution in [2.45, 2.75) is 51.9 Å². The average molecular weight is 361 g/mol. The van der Waals surface area contributed by atoms with Crippen LogP contribution in [0.5, 0.6) is 5.75 Å². The fraction of sp³-hybridized carbons (Fsp3) is 0.550. The quantitative estimate of drug-likeness (QED) is 0.778. The molecule has 3 unspecified atom stereocenters. The maximum atomic E-state index is 12.4. The van der Waals surface area contributed by atoms with Crippen LogP contribution in [0, 0.1) is 0 Å². The normalized spacial score (nSPS) is 19.4. The highest BCUT2D eigenvalue weighted by Gasteiger charge is 2.22. The first kappa shape index (κ1) is 18.7. The van der Waals surface area contributed by atoms with Crippen LogP contribution in [-0.4, -0.2) is 37.9 Å². The van der Waals surface area contributed by atoms with Crippen LogP contribution >= 0.6 is 0 Å². The zero-order chi connectivity index (χ0) is 18.5. The lowest BCUT2D eigenvalue weighted by molar-refractivity contribution is -0.134. The first-order chi connectivity index (χ1) is 12.6. The van der Waals surface area contributed by atoms with Gasteiger partial charge in [-0.1, -0.05) is 12.1 Å². The Morgan fingerprint density at radius 3 is 2.96 bits per heavy atom. The molecule has 0 saturated carbocycles. The molecule has 1 amide bonds. The van der Waals surface area contributed by atoms with Gasteiger partial charge >= 0.3 is 0 Å². The van der Waals surface area contributed by atoms with E-state index < -0.39 is 6.10 Å². The van der Waals surface area contributed by atoms with Crippen LogP contribution < -0.4 is 10.1 Å². The number of benzene rings is 1. The number of ether oxygens (including phenoxy) is 3. The van der Waals surface area contributed by atoms with Gasteiger partial charge in [-0.2, -0.15) is 0 Å². The average Bonchev–Trinajstić information content (AvgIpc) is 3.29. The molecule has 2 aromatic rings. The number of para-hydroxylation sites is 1. The van der Waals surface area contributed by atoms with E-state index in [0.717, 1.165) is 24.8 Å². The van der Waals surface area contributed by atoms with Gasteiger partial charge in [-0.15, -0.1) is 0 Å². The molecule has 1 fully saturated rings. The molecule has 1 aromatic heterocycles. The molecule has 3 rings (SSSR count). The molecule has 1 saturated heterocycles. The smallest absolute Gasteiger partial charge is 0.249 e. The van der Waals surface area contributed by atoms with Crippen LogP contribution in [0.4, 0.5) is 0 Å². The van der Waals surface area contributed by atoms with E-state index in [9.17, 15) is 4.79 Å². The number of amides is 1. The molecular weight excluding hydrogens is 334 g/mol. The first-order valence-electron chi connectivity index (χ1n) is 9.27. The number of hydrogen-bond acceptors (Lipinski definition) is 5. The summed E-state index contributed by atoms with van der Waals surface area (Å²) in [5, 5.41) is 3.90. The van der Waals surface area contributed by atoms with Crippen molar-refractivity contribution < 1.29 is 23.4 Å². The standard InChI is InChI=1S/C20H27NO5/c1-4-23-17-9-5-7-15-11-18(26-19(15)17)13(2)21-20(22)14(3)25-12-16-8-6-10-24-16/h5,7,9,11,13-14,16H,4,6,8,10,12H2,1-3H3,(H,21,22). The molecule has 6 nitrogen and oxygen atoms in total. The maximum absolute atomic E-state index is 12.4. The molecule has 1 aliphatic rings. The Morgan fingerprint density at radius 1 is 1.38 bits per heavy atom. The van der Waals surface area contributed by atoms with Crippen molar-refractivity contribution in [3.05, 3.63) is 30.0 Å². The molecule has 1 aliphatic heterocycles. The minimum atomic E-state index is -0.537. The predicted octanol–water partition coefficient (Wildman–Crippen LogP) is 3.59. The van der Waals surface area contributed by atoms with Crippen molar-refractivity contribution in [3.8, 4) is 5.75 Å². The summed E-state index contributed by atoms with van der Waals surface area (Å²) < 4.78 is 22.7. The highest BCUT2D eigenvalue weighted by Crippen LogP contribution is 2.31. The SMILES string of the molecule is CCOc1cccc2cc(C(C)NC(=O)C(C)OCC3CCCO3)oc12. The monoisotopic (exact) mass is 361 g/mol. The Bertz CT molecular complexity index is 735. The maximum Gasteiger partial charge on any atom is 0.249 e. The van der Waals surface area contributed by atoms with Gasteiger partial charge in [0.25, 0.3) is 0 Å². The van der Waals surface area contributed by atoms with Crippen LogP contribution in [-0.2, 0) is 14.3 Å². The van der Waals surface area contributed by atoms with Gasteiger partial charge in [0.2, 0.25) is 5.91 Å². The van der Waals surface area contributed by atoms with Crippen molar-refractivity contribution in [1.29, 1.82) is 0 Å².